The lowest BCUT2D eigenvalue weighted by atomic mass is 10.2. The van der Waals surface area contributed by atoms with Crippen LogP contribution in [0.5, 0.6) is 0 Å². The van der Waals surface area contributed by atoms with Gasteiger partial charge in [-0.15, -0.1) is 12.6 Å². The first-order valence-electron chi connectivity index (χ1n) is 5.18. The minimum absolute atomic E-state index is 0.175. The number of benzene rings is 1. The number of carbonyl (C=O) groups is 1. The molecule has 0 aliphatic rings. The molecule has 92 valence electrons. The van der Waals surface area contributed by atoms with Gasteiger partial charge in [-0.1, -0.05) is 15.9 Å². The number of rotatable bonds is 3. The van der Waals surface area contributed by atoms with Crippen molar-refractivity contribution < 1.29 is 4.79 Å². The average molecular weight is 324 g/mol. The zero-order chi connectivity index (χ0) is 13.0. The summed E-state index contributed by atoms with van der Waals surface area (Å²) in [4.78, 5) is 20.4. The predicted molar refractivity (Wildman–Crippen MR) is 74.6 cm³/mol. The van der Waals surface area contributed by atoms with Crippen molar-refractivity contribution in [2.24, 2.45) is 0 Å². The maximum absolute atomic E-state index is 11.9. The summed E-state index contributed by atoms with van der Waals surface area (Å²) < 4.78 is 0.889. The predicted octanol–water partition coefficient (Wildman–Crippen LogP) is 2.46. The molecular weight excluding hydrogens is 314 g/mol. The number of carbonyl (C=O) groups excluding carboxylic acids is 1. The maximum Gasteiger partial charge on any atom is 0.252 e. The molecule has 2 rings (SSSR count). The number of nitrogens with one attached hydrogen (secondary N) is 1. The van der Waals surface area contributed by atoms with Gasteiger partial charge in [0.05, 0.1) is 17.8 Å². The second-order valence-electron chi connectivity index (χ2n) is 3.54. The molecule has 1 N–H and O–H groups in total. The van der Waals surface area contributed by atoms with Crippen LogP contribution in [0.25, 0.3) is 0 Å². The van der Waals surface area contributed by atoms with Crippen molar-refractivity contribution >= 4 is 34.5 Å². The Morgan fingerprint density at radius 2 is 2.22 bits per heavy atom. The van der Waals surface area contributed by atoms with E-state index in [1.807, 2.05) is 0 Å². The second kappa shape index (κ2) is 5.97. The summed E-state index contributed by atoms with van der Waals surface area (Å²) in [6.45, 7) is 0.366. The van der Waals surface area contributed by atoms with Gasteiger partial charge in [0.2, 0.25) is 0 Å². The number of nitrogens with zero attached hydrogens (tertiary/aromatic N) is 2. The quantitative estimate of drug-likeness (QED) is 0.853. The maximum atomic E-state index is 11.9. The molecule has 0 saturated heterocycles. The van der Waals surface area contributed by atoms with Gasteiger partial charge >= 0.3 is 0 Å². The van der Waals surface area contributed by atoms with E-state index in [9.17, 15) is 4.79 Å². The molecule has 1 amide bonds. The van der Waals surface area contributed by atoms with Crippen LogP contribution >= 0.6 is 28.6 Å². The fourth-order valence-corrected chi connectivity index (χ4v) is 2.24. The van der Waals surface area contributed by atoms with Crippen LogP contribution in [0.15, 0.2) is 46.2 Å². The summed E-state index contributed by atoms with van der Waals surface area (Å²) in [6.07, 6.45) is 3.09. The summed E-state index contributed by atoms with van der Waals surface area (Å²) in [5.41, 5.74) is 1.30. The minimum Gasteiger partial charge on any atom is -0.346 e. The molecule has 1 heterocycles. The molecular formula is C12H10BrN3OS. The SMILES string of the molecule is O=C(NCc1ccncn1)c1ccc(Br)cc1S. The first-order chi connectivity index (χ1) is 8.66. The Hall–Kier alpha value is -1.40. The van der Waals surface area contributed by atoms with Crippen molar-refractivity contribution in [2.75, 3.05) is 0 Å². The van der Waals surface area contributed by atoms with Crippen molar-refractivity contribution in [3.8, 4) is 0 Å². The highest BCUT2D eigenvalue weighted by Crippen LogP contribution is 2.19. The largest absolute Gasteiger partial charge is 0.346 e. The molecule has 6 heteroatoms. The Balaban J connectivity index is 2.04. The molecule has 0 aliphatic heterocycles. The van der Waals surface area contributed by atoms with Gasteiger partial charge in [-0.25, -0.2) is 9.97 Å². The van der Waals surface area contributed by atoms with Crippen LogP contribution in [0.4, 0.5) is 0 Å². The number of hydrogen-bond acceptors (Lipinski definition) is 4. The van der Waals surface area contributed by atoms with Gasteiger partial charge in [0.1, 0.15) is 6.33 Å². The van der Waals surface area contributed by atoms with Crippen molar-refractivity contribution in [3.63, 3.8) is 0 Å². The van der Waals surface area contributed by atoms with Crippen LogP contribution in [0, 0.1) is 0 Å². The molecule has 0 bridgehead atoms. The number of thiol groups is 1. The molecule has 18 heavy (non-hydrogen) atoms. The average Bonchev–Trinajstić information content (AvgIpc) is 2.37. The van der Waals surface area contributed by atoms with Crippen LogP contribution in [-0.2, 0) is 6.54 Å². The zero-order valence-electron chi connectivity index (χ0n) is 9.30. The van der Waals surface area contributed by atoms with E-state index < -0.39 is 0 Å². The third-order valence-corrected chi connectivity index (χ3v) is 3.14. The van der Waals surface area contributed by atoms with Crippen LogP contribution in [-0.4, -0.2) is 15.9 Å². The van der Waals surface area contributed by atoms with E-state index in [0.717, 1.165) is 10.2 Å². The molecule has 0 unspecified atom stereocenters. The Kier molecular flexibility index (Phi) is 4.33. The van der Waals surface area contributed by atoms with Gasteiger partial charge < -0.3 is 5.32 Å². The lowest BCUT2D eigenvalue weighted by molar-refractivity contribution is 0.0947. The van der Waals surface area contributed by atoms with Crippen LogP contribution in [0.3, 0.4) is 0 Å². The standard InChI is InChI=1S/C12H10BrN3OS/c13-8-1-2-10(11(18)5-8)12(17)15-6-9-3-4-14-7-16-9/h1-5,7,18H,6H2,(H,15,17). The van der Waals surface area contributed by atoms with Crippen molar-refractivity contribution in [2.45, 2.75) is 11.4 Å². The van der Waals surface area contributed by atoms with E-state index in [0.29, 0.717) is 17.0 Å². The second-order valence-corrected chi connectivity index (χ2v) is 4.94. The van der Waals surface area contributed by atoms with E-state index in [2.05, 4.69) is 43.8 Å². The van der Waals surface area contributed by atoms with Crippen LogP contribution < -0.4 is 5.32 Å². The molecule has 0 radical (unpaired) electrons. The van der Waals surface area contributed by atoms with Gasteiger partial charge in [-0.05, 0) is 24.3 Å². The number of halogens is 1. The Labute approximate surface area is 118 Å². The third-order valence-electron chi connectivity index (χ3n) is 2.28. The van der Waals surface area contributed by atoms with Crippen molar-refractivity contribution in [1.82, 2.24) is 15.3 Å². The molecule has 1 aromatic carbocycles. The fraction of sp³-hybridized carbons (Fsp3) is 0.0833. The highest BCUT2D eigenvalue weighted by atomic mass is 79.9. The Morgan fingerprint density at radius 3 is 2.89 bits per heavy atom. The molecule has 2 aromatic rings. The summed E-state index contributed by atoms with van der Waals surface area (Å²) in [5, 5.41) is 2.78. The molecule has 0 saturated carbocycles. The van der Waals surface area contributed by atoms with Crippen LogP contribution in [0.2, 0.25) is 0 Å². The Bertz CT molecular complexity index is 563. The van der Waals surface area contributed by atoms with Crippen molar-refractivity contribution in [3.05, 3.63) is 52.5 Å². The van der Waals surface area contributed by atoms with E-state index in [1.54, 1.807) is 30.5 Å². The molecule has 0 aliphatic carbocycles. The van der Waals surface area contributed by atoms with E-state index >= 15 is 0 Å². The first-order valence-corrected chi connectivity index (χ1v) is 6.42. The number of aromatic nitrogens is 2. The summed E-state index contributed by atoms with van der Waals surface area (Å²) >= 11 is 7.59. The highest BCUT2D eigenvalue weighted by molar-refractivity contribution is 9.10. The van der Waals surface area contributed by atoms with E-state index in [1.165, 1.54) is 6.33 Å². The molecule has 0 spiro atoms. The lowest BCUT2D eigenvalue weighted by Crippen LogP contribution is -2.23. The van der Waals surface area contributed by atoms with E-state index in [-0.39, 0.29) is 5.91 Å². The van der Waals surface area contributed by atoms with Gasteiger partial charge in [0.15, 0.2) is 0 Å². The highest BCUT2D eigenvalue weighted by Gasteiger charge is 2.09. The topological polar surface area (TPSA) is 54.9 Å². The van der Waals surface area contributed by atoms with Gasteiger partial charge in [0, 0.05) is 15.6 Å². The summed E-state index contributed by atoms with van der Waals surface area (Å²) in [5.74, 6) is -0.175. The first kappa shape index (κ1) is 13.0. The van der Waals surface area contributed by atoms with Gasteiger partial charge in [-0.2, -0.15) is 0 Å². The van der Waals surface area contributed by atoms with Gasteiger partial charge in [-0.3, -0.25) is 4.79 Å². The number of amides is 1. The molecule has 1 aromatic heterocycles. The van der Waals surface area contributed by atoms with Gasteiger partial charge in [0.25, 0.3) is 5.91 Å². The fourth-order valence-electron chi connectivity index (χ4n) is 1.39. The monoisotopic (exact) mass is 323 g/mol. The minimum atomic E-state index is -0.175. The Morgan fingerprint density at radius 1 is 1.39 bits per heavy atom. The summed E-state index contributed by atoms with van der Waals surface area (Å²) in [6, 6.07) is 7.06. The zero-order valence-corrected chi connectivity index (χ0v) is 11.8. The molecule has 0 atom stereocenters. The lowest BCUT2D eigenvalue weighted by Gasteiger charge is -2.07. The van der Waals surface area contributed by atoms with Crippen LogP contribution in [0.1, 0.15) is 16.1 Å². The number of hydrogen-bond donors (Lipinski definition) is 2. The molecule has 4 nitrogen and oxygen atoms in total. The normalized spacial score (nSPS) is 10.1. The van der Waals surface area contributed by atoms with Crippen molar-refractivity contribution in [1.29, 1.82) is 0 Å². The summed E-state index contributed by atoms with van der Waals surface area (Å²) in [7, 11) is 0. The smallest absolute Gasteiger partial charge is 0.252 e. The van der Waals surface area contributed by atoms with E-state index in [4.69, 9.17) is 0 Å². The third kappa shape index (κ3) is 3.30. The molecule has 0 fully saturated rings.